The Morgan fingerprint density at radius 1 is 1.14 bits per heavy atom. The van der Waals surface area contributed by atoms with E-state index in [1.54, 1.807) is 7.11 Å². The molecule has 0 fully saturated rings. The van der Waals surface area contributed by atoms with Crippen LogP contribution in [0.5, 0.6) is 5.75 Å². The average Bonchev–Trinajstić information content (AvgIpc) is 2.56. The van der Waals surface area contributed by atoms with E-state index in [0.29, 0.717) is 12.8 Å². The summed E-state index contributed by atoms with van der Waals surface area (Å²) in [5.41, 5.74) is 2.89. The molecule has 2 aromatic carbocycles. The number of carbonyl (C=O) groups is 2. The first-order valence-corrected chi connectivity index (χ1v) is 6.95. The number of ether oxygens (including phenoxy) is 1. The van der Waals surface area contributed by atoms with E-state index in [4.69, 9.17) is 4.74 Å². The van der Waals surface area contributed by atoms with Gasteiger partial charge in [-0.1, -0.05) is 18.2 Å². The zero-order valence-electron chi connectivity index (χ0n) is 12.3. The summed E-state index contributed by atoms with van der Waals surface area (Å²) in [6.45, 7) is 0. The SMILES string of the molecule is COc1ccc2c(c1)CCC(=O)N2.O=CNc1ccccc1. The fourth-order valence-corrected chi connectivity index (χ4v) is 2.09. The molecule has 22 heavy (non-hydrogen) atoms. The van der Waals surface area contributed by atoms with Gasteiger partial charge in [0.25, 0.3) is 0 Å². The fourth-order valence-electron chi connectivity index (χ4n) is 2.09. The van der Waals surface area contributed by atoms with Gasteiger partial charge in [-0.2, -0.15) is 0 Å². The van der Waals surface area contributed by atoms with E-state index in [-0.39, 0.29) is 5.91 Å². The van der Waals surface area contributed by atoms with Crippen molar-refractivity contribution in [2.75, 3.05) is 17.7 Å². The third-order valence-corrected chi connectivity index (χ3v) is 3.21. The molecule has 0 spiro atoms. The third-order valence-electron chi connectivity index (χ3n) is 3.21. The van der Waals surface area contributed by atoms with Crippen molar-refractivity contribution in [1.82, 2.24) is 0 Å². The summed E-state index contributed by atoms with van der Waals surface area (Å²) >= 11 is 0. The summed E-state index contributed by atoms with van der Waals surface area (Å²) in [5.74, 6) is 0.938. The van der Waals surface area contributed by atoms with Gasteiger partial charge >= 0.3 is 0 Å². The Bertz CT molecular complexity index is 642. The van der Waals surface area contributed by atoms with E-state index in [2.05, 4.69) is 10.6 Å². The Morgan fingerprint density at radius 3 is 2.59 bits per heavy atom. The lowest BCUT2D eigenvalue weighted by Gasteiger charge is -2.16. The van der Waals surface area contributed by atoms with Crippen molar-refractivity contribution in [3.05, 3.63) is 54.1 Å². The summed E-state index contributed by atoms with van der Waals surface area (Å²) in [6.07, 6.45) is 2.04. The van der Waals surface area contributed by atoms with Crippen molar-refractivity contribution in [2.24, 2.45) is 0 Å². The zero-order chi connectivity index (χ0) is 15.8. The van der Waals surface area contributed by atoms with Crippen LogP contribution in [0.4, 0.5) is 11.4 Å². The molecule has 5 heteroatoms. The lowest BCUT2D eigenvalue weighted by molar-refractivity contribution is -0.116. The minimum atomic E-state index is 0.0951. The number of para-hydroxylation sites is 1. The number of amides is 2. The topological polar surface area (TPSA) is 67.4 Å². The molecule has 0 aromatic heterocycles. The second-order valence-corrected chi connectivity index (χ2v) is 4.70. The van der Waals surface area contributed by atoms with Crippen LogP contribution in [0.2, 0.25) is 0 Å². The first-order valence-electron chi connectivity index (χ1n) is 6.95. The fraction of sp³-hybridized carbons (Fsp3) is 0.176. The van der Waals surface area contributed by atoms with Crippen LogP contribution >= 0.6 is 0 Å². The first-order chi connectivity index (χ1) is 10.7. The van der Waals surface area contributed by atoms with Crippen molar-refractivity contribution in [3.63, 3.8) is 0 Å². The molecule has 1 aliphatic heterocycles. The van der Waals surface area contributed by atoms with Gasteiger partial charge < -0.3 is 15.4 Å². The third kappa shape index (κ3) is 4.34. The maximum atomic E-state index is 11.0. The standard InChI is InChI=1S/C10H11NO2.C7H7NO/c1-13-8-3-4-9-7(6-8)2-5-10(12)11-9;9-6-8-7-4-2-1-3-5-7/h3-4,6H,2,5H2,1H3,(H,11,12);1-6H,(H,8,9). The van der Waals surface area contributed by atoms with E-state index in [1.807, 2.05) is 48.5 Å². The summed E-state index contributed by atoms with van der Waals surface area (Å²) in [6, 6.07) is 15.0. The Hall–Kier alpha value is -2.82. The number of hydrogen-bond acceptors (Lipinski definition) is 3. The maximum absolute atomic E-state index is 11.0. The van der Waals surface area contributed by atoms with Gasteiger partial charge in [0.15, 0.2) is 0 Å². The molecule has 0 aliphatic carbocycles. The largest absolute Gasteiger partial charge is 0.497 e. The lowest BCUT2D eigenvalue weighted by Crippen LogP contribution is -2.18. The monoisotopic (exact) mass is 298 g/mol. The van der Waals surface area contributed by atoms with Crippen LogP contribution in [0.15, 0.2) is 48.5 Å². The molecule has 1 heterocycles. The second kappa shape index (κ2) is 7.83. The molecule has 0 saturated carbocycles. The summed E-state index contributed by atoms with van der Waals surface area (Å²) < 4.78 is 5.09. The van der Waals surface area contributed by atoms with E-state index in [1.165, 1.54) is 0 Å². The quantitative estimate of drug-likeness (QED) is 0.856. The van der Waals surface area contributed by atoms with Crippen molar-refractivity contribution in [3.8, 4) is 5.75 Å². The number of rotatable bonds is 3. The molecule has 0 bridgehead atoms. The highest BCUT2D eigenvalue weighted by Gasteiger charge is 2.14. The van der Waals surface area contributed by atoms with Crippen molar-refractivity contribution >= 4 is 23.7 Å². The summed E-state index contributed by atoms with van der Waals surface area (Å²) in [5, 5.41) is 5.34. The lowest BCUT2D eigenvalue weighted by atomic mass is 10.0. The molecular weight excluding hydrogens is 280 g/mol. The van der Waals surface area contributed by atoms with Crippen LogP contribution in [0.3, 0.4) is 0 Å². The van der Waals surface area contributed by atoms with Gasteiger partial charge in [-0.25, -0.2) is 0 Å². The van der Waals surface area contributed by atoms with Crippen molar-refractivity contribution in [1.29, 1.82) is 0 Å². The number of methoxy groups -OCH3 is 1. The van der Waals surface area contributed by atoms with Crippen LogP contribution < -0.4 is 15.4 Å². The average molecular weight is 298 g/mol. The summed E-state index contributed by atoms with van der Waals surface area (Å²) in [7, 11) is 1.64. The minimum Gasteiger partial charge on any atom is -0.497 e. The molecule has 0 unspecified atom stereocenters. The van der Waals surface area contributed by atoms with Gasteiger partial charge in [-0.05, 0) is 42.3 Å². The van der Waals surface area contributed by atoms with Crippen LogP contribution in [0, 0.1) is 0 Å². The number of nitrogens with one attached hydrogen (secondary N) is 2. The molecule has 3 rings (SSSR count). The number of carbonyl (C=O) groups excluding carboxylic acids is 2. The number of fused-ring (bicyclic) bond motifs is 1. The van der Waals surface area contributed by atoms with Gasteiger partial charge in [-0.15, -0.1) is 0 Å². The Balaban J connectivity index is 0.000000172. The molecule has 2 aromatic rings. The molecule has 0 radical (unpaired) electrons. The highest BCUT2D eigenvalue weighted by atomic mass is 16.5. The normalized spacial score (nSPS) is 12.1. The number of benzene rings is 2. The van der Waals surface area contributed by atoms with Crippen LogP contribution in [-0.2, 0) is 16.0 Å². The maximum Gasteiger partial charge on any atom is 0.224 e. The second-order valence-electron chi connectivity index (χ2n) is 4.70. The van der Waals surface area contributed by atoms with Crippen LogP contribution in [0.1, 0.15) is 12.0 Å². The molecular formula is C17H18N2O3. The van der Waals surface area contributed by atoms with Crippen molar-refractivity contribution < 1.29 is 14.3 Å². The zero-order valence-corrected chi connectivity index (χ0v) is 12.3. The molecule has 0 atom stereocenters. The minimum absolute atomic E-state index is 0.0951. The number of hydrogen-bond donors (Lipinski definition) is 2. The van der Waals surface area contributed by atoms with Crippen LogP contribution in [0.25, 0.3) is 0 Å². The first kappa shape index (κ1) is 15.6. The van der Waals surface area contributed by atoms with Gasteiger partial charge in [0.05, 0.1) is 7.11 Å². The molecule has 114 valence electrons. The Morgan fingerprint density at radius 2 is 1.91 bits per heavy atom. The highest BCUT2D eigenvalue weighted by Crippen LogP contribution is 2.26. The number of aryl methyl sites for hydroxylation is 1. The molecule has 1 aliphatic rings. The molecule has 0 saturated heterocycles. The molecule has 2 N–H and O–H groups in total. The van der Waals surface area contributed by atoms with Crippen LogP contribution in [-0.4, -0.2) is 19.4 Å². The predicted octanol–water partition coefficient (Wildman–Crippen LogP) is 2.83. The molecule has 2 amide bonds. The Labute approximate surface area is 129 Å². The number of anilines is 2. The van der Waals surface area contributed by atoms with E-state index in [9.17, 15) is 9.59 Å². The van der Waals surface area contributed by atoms with E-state index in [0.717, 1.165) is 29.1 Å². The van der Waals surface area contributed by atoms with Gasteiger partial charge in [0.1, 0.15) is 5.75 Å². The van der Waals surface area contributed by atoms with E-state index < -0.39 is 0 Å². The predicted molar refractivity (Wildman–Crippen MR) is 86.1 cm³/mol. The van der Waals surface area contributed by atoms with Gasteiger partial charge in [-0.3, -0.25) is 9.59 Å². The van der Waals surface area contributed by atoms with Gasteiger partial charge in [0.2, 0.25) is 12.3 Å². The highest BCUT2D eigenvalue weighted by molar-refractivity contribution is 5.93. The smallest absolute Gasteiger partial charge is 0.224 e. The Kier molecular flexibility index (Phi) is 5.54. The summed E-state index contributed by atoms with van der Waals surface area (Å²) in [4.78, 5) is 20.9. The van der Waals surface area contributed by atoms with Gasteiger partial charge in [0, 0.05) is 17.8 Å². The van der Waals surface area contributed by atoms with E-state index >= 15 is 0 Å². The molecule has 5 nitrogen and oxygen atoms in total. The van der Waals surface area contributed by atoms with Crippen molar-refractivity contribution in [2.45, 2.75) is 12.8 Å².